The molecule has 12 rings (SSSR count). The monoisotopic (exact) mass is 967 g/mol. The van der Waals surface area contributed by atoms with Crippen molar-refractivity contribution in [2.24, 2.45) is 0 Å². The van der Waals surface area contributed by atoms with E-state index in [4.69, 9.17) is 19.1 Å². The summed E-state index contributed by atoms with van der Waals surface area (Å²) in [7, 11) is 0. The van der Waals surface area contributed by atoms with E-state index in [1.54, 1.807) is 0 Å². The Morgan fingerprint density at radius 1 is 0.541 bits per heavy atom. The second kappa shape index (κ2) is 14.0. The molecule has 0 spiro atoms. The van der Waals surface area contributed by atoms with Crippen LogP contribution in [0.3, 0.4) is 0 Å². The molecule has 4 heterocycles. The molecule has 0 bridgehead atoms. The van der Waals surface area contributed by atoms with Crippen LogP contribution in [0.25, 0.3) is 99.5 Å². The summed E-state index contributed by atoms with van der Waals surface area (Å²) >= 11 is 0. The summed E-state index contributed by atoms with van der Waals surface area (Å²) in [4.78, 5) is 10.4. The zero-order chi connectivity index (χ0) is 40.1. The first kappa shape index (κ1) is 37.0. The van der Waals surface area contributed by atoms with Crippen molar-refractivity contribution in [1.29, 1.82) is 0 Å². The van der Waals surface area contributed by atoms with E-state index in [2.05, 4.69) is 157 Å². The molecule has 0 unspecified atom stereocenters. The van der Waals surface area contributed by atoms with Crippen molar-refractivity contribution in [3.63, 3.8) is 0 Å². The number of para-hydroxylation sites is 5. The van der Waals surface area contributed by atoms with Gasteiger partial charge in [0, 0.05) is 33.5 Å². The van der Waals surface area contributed by atoms with E-state index in [0.29, 0.717) is 11.5 Å². The van der Waals surface area contributed by atoms with Crippen LogP contribution in [0.5, 0.6) is 11.5 Å². The van der Waals surface area contributed by atoms with Crippen molar-refractivity contribution in [2.75, 3.05) is 0 Å². The van der Waals surface area contributed by atoms with E-state index in [-0.39, 0.29) is 26.5 Å². The van der Waals surface area contributed by atoms with Crippen molar-refractivity contribution >= 4 is 71.3 Å². The number of benzene rings is 8. The van der Waals surface area contributed by atoms with E-state index in [1.165, 1.54) is 16.7 Å². The van der Waals surface area contributed by atoms with Gasteiger partial charge >= 0.3 is 21.1 Å². The van der Waals surface area contributed by atoms with Gasteiger partial charge in [0.15, 0.2) is 0 Å². The third-order valence-corrected chi connectivity index (χ3v) is 11.7. The first-order valence-electron chi connectivity index (χ1n) is 20.2. The van der Waals surface area contributed by atoms with E-state index >= 15 is 0 Å². The van der Waals surface area contributed by atoms with Gasteiger partial charge in [0.05, 0.1) is 33.5 Å². The Morgan fingerprint density at radius 2 is 1.28 bits per heavy atom. The molecule has 0 fully saturated rings. The molecule has 12 aromatic rings. The van der Waals surface area contributed by atoms with Crippen LogP contribution in [0.15, 0.2) is 168 Å². The summed E-state index contributed by atoms with van der Waals surface area (Å²) in [5.74, 6) is 1.91. The molecule has 61 heavy (non-hydrogen) atoms. The van der Waals surface area contributed by atoms with Gasteiger partial charge in [-0.15, -0.1) is 29.8 Å². The molecule has 0 atom stereocenters. The molecule has 0 N–H and O–H groups in total. The molecule has 0 aliphatic heterocycles. The average molecular weight is 968 g/mol. The van der Waals surface area contributed by atoms with Gasteiger partial charge in [-0.05, 0) is 82.1 Å². The number of nitrogens with zero attached hydrogens (tertiary/aromatic N) is 4. The number of rotatable bonds is 5. The Balaban J connectivity index is 0.00000420. The average Bonchev–Trinajstić information content (AvgIpc) is 3.97. The van der Waals surface area contributed by atoms with Crippen molar-refractivity contribution in [1.82, 2.24) is 18.9 Å². The Hall–Kier alpha value is -7.01. The molecular formula is C54H36N4O2Pt. The molecule has 0 saturated heterocycles. The largest absolute Gasteiger partial charge is 2.00 e. The topological polar surface area (TPSA) is 57.5 Å². The second-order valence-corrected chi connectivity index (χ2v) is 16.5. The molecule has 0 saturated carbocycles. The predicted octanol–water partition coefficient (Wildman–Crippen LogP) is 14.1. The number of fused-ring (bicyclic) bond motifs is 12. The van der Waals surface area contributed by atoms with Crippen LogP contribution in [0.4, 0.5) is 0 Å². The van der Waals surface area contributed by atoms with Gasteiger partial charge in [0.1, 0.15) is 11.2 Å². The fraction of sp³-hybridized carbons (Fsp3) is 0.0741. The van der Waals surface area contributed by atoms with Gasteiger partial charge in [-0.3, -0.25) is 9.97 Å². The number of pyridine rings is 1. The zero-order valence-corrected chi connectivity index (χ0v) is 35.8. The minimum Gasteiger partial charge on any atom is -0.497 e. The van der Waals surface area contributed by atoms with Gasteiger partial charge in [0.2, 0.25) is 0 Å². The molecule has 4 aromatic heterocycles. The number of hydrogen-bond acceptors (Lipinski definition) is 4. The number of aromatic nitrogens is 4. The number of furan rings is 1. The van der Waals surface area contributed by atoms with Crippen LogP contribution in [0.2, 0.25) is 0 Å². The van der Waals surface area contributed by atoms with Crippen LogP contribution in [0.1, 0.15) is 26.3 Å². The fourth-order valence-electron chi connectivity index (χ4n) is 8.88. The first-order valence-corrected chi connectivity index (χ1v) is 20.2. The normalized spacial score (nSPS) is 12.0. The van der Waals surface area contributed by atoms with Crippen molar-refractivity contribution in [3.8, 4) is 39.7 Å². The van der Waals surface area contributed by atoms with E-state index in [9.17, 15) is 0 Å². The Labute approximate surface area is 365 Å². The van der Waals surface area contributed by atoms with Crippen LogP contribution >= 0.6 is 0 Å². The third-order valence-electron chi connectivity index (χ3n) is 11.7. The first-order chi connectivity index (χ1) is 29.4. The molecular weight excluding hydrogens is 932 g/mol. The summed E-state index contributed by atoms with van der Waals surface area (Å²) in [6, 6.07) is 63.7. The maximum atomic E-state index is 6.65. The Bertz CT molecular complexity index is 3690. The Morgan fingerprint density at radius 3 is 2.11 bits per heavy atom. The number of hydrogen-bond donors (Lipinski definition) is 0. The van der Waals surface area contributed by atoms with Crippen molar-refractivity contribution < 1.29 is 30.2 Å². The third kappa shape index (κ3) is 5.96. The molecule has 294 valence electrons. The van der Waals surface area contributed by atoms with Gasteiger partial charge in [0.25, 0.3) is 0 Å². The van der Waals surface area contributed by atoms with Crippen LogP contribution in [-0.2, 0) is 26.5 Å². The van der Waals surface area contributed by atoms with Gasteiger partial charge < -0.3 is 18.1 Å². The summed E-state index contributed by atoms with van der Waals surface area (Å²) in [5.41, 5.74) is 12.8. The Kier molecular flexibility index (Phi) is 8.52. The predicted molar refractivity (Wildman–Crippen MR) is 243 cm³/mol. The van der Waals surface area contributed by atoms with Gasteiger partial charge in [-0.2, -0.15) is 0 Å². The fourth-order valence-corrected chi connectivity index (χ4v) is 8.88. The molecule has 0 aliphatic rings. The van der Waals surface area contributed by atoms with E-state index < -0.39 is 0 Å². The minimum absolute atomic E-state index is 0. The second-order valence-electron chi connectivity index (χ2n) is 16.5. The van der Waals surface area contributed by atoms with Crippen LogP contribution in [-0.4, -0.2) is 18.9 Å². The van der Waals surface area contributed by atoms with E-state index in [1.807, 2.05) is 48.5 Å². The smallest absolute Gasteiger partial charge is 0.497 e. The summed E-state index contributed by atoms with van der Waals surface area (Å²) in [5, 5.41) is 5.09. The zero-order valence-electron chi connectivity index (χ0n) is 33.5. The molecule has 0 amide bonds. The molecule has 7 heteroatoms. The van der Waals surface area contributed by atoms with Crippen LogP contribution < -0.4 is 4.74 Å². The van der Waals surface area contributed by atoms with Gasteiger partial charge in [-0.1, -0.05) is 129 Å². The summed E-state index contributed by atoms with van der Waals surface area (Å²) < 4.78 is 17.5. The van der Waals surface area contributed by atoms with Crippen molar-refractivity contribution in [2.45, 2.75) is 26.2 Å². The molecule has 8 aromatic carbocycles. The number of ether oxygens (including phenoxy) is 1. The summed E-state index contributed by atoms with van der Waals surface area (Å²) in [6.07, 6.45) is 0. The molecule has 0 aliphatic carbocycles. The number of imidazole rings is 2. The summed E-state index contributed by atoms with van der Waals surface area (Å²) in [6.45, 7) is 6.80. The maximum Gasteiger partial charge on any atom is 2.00 e. The standard InChI is InChI=1S/C54H36N4O2.Pt/c1-54(2,3)43-29-34(33-14-5-4-6-15-33)24-27-46(43)57-47-21-10-8-19-44(47)55-52(57)35-16-13-17-36(28-35)59-37-25-26-38-40-32-51-41(39-18-7-12-23-50(39)60-51)31-49(40)58-48-22-11-9-20-45(48)56-53(58)42(38)30-37;/h4-27,29,31-32H,1-3H3;/q-2;+2. The minimum atomic E-state index is -0.154. The molecule has 0 radical (unpaired) electrons. The maximum absolute atomic E-state index is 6.65. The van der Waals surface area contributed by atoms with Crippen molar-refractivity contribution in [3.05, 3.63) is 181 Å². The van der Waals surface area contributed by atoms with E-state index in [0.717, 1.165) is 88.4 Å². The van der Waals surface area contributed by atoms with Gasteiger partial charge in [-0.25, -0.2) is 0 Å². The quantitative estimate of drug-likeness (QED) is 0.127. The molecule has 6 nitrogen and oxygen atoms in total. The van der Waals surface area contributed by atoms with Crippen LogP contribution in [0, 0.1) is 12.1 Å². The SMILES string of the molecule is CC(C)(C)c1cc(-c2ccccc2)ccc1-n1c(-c2[c-]c(Oc3[c-]c4c(cc3)c3cc5oc6ccccc6c5cc3n3c5ccccc5nc43)ccc2)nc2ccccc21.[Pt+2].